The highest BCUT2D eigenvalue weighted by atomic mass is 32.2. The van der Waals surface area contributed by atoms with Crippen molar-refractivity contribution in [3.05, 3.63) is 12.3 Å². The molecule has 0 aromatic heterocycles. The summed E-state index contributed by atoms with van der Waals surface area (Å²) in [5, 5.41) is 0. The Morgan fingerprint density at radius 2 is 2.36 bits per heavy atom. The van der Waals surface area contributed by atoms with E-state index in [1.54, 1.807) is 12.4 Å². The van der Waals surface area contributed by atoms with Crippen LogP contribution >= 0.6 is 0 Å². The van der Waals surface area contributed by atoms with Crippen molar-refractivity contribution >= 4 is 16.2 Å². The molecule has 1 atom stereocenters. The summed E-state index contributed by atoms with van der Waals surface area (Å²) >= 11 is 0. The predicted octanol–water partition coefficient (Wildman–Crippen LogP) is -0.108. The van der Waals surface area contributed by atoms with Gasteiger partial charge in [0.2, 0.25) is 10.0 Å². The maximum atomic E-state index is 10.7. The van der Waals surface area contributed by atoms with Crippen molar-refractivity contribution in [2.45, 2.75) is 12.5 Å². The van der Waals surface area contributed by atoms with Gasteiger partial charge in [0.1, 0.15) is 0 Å². The maximum absolute atomic E-state index is 10.7. The van der Waals surface area contributed by atoms with Gasteiger partial charge in [0.25, 0.3) is 0 Å². The van der Waals surface area contributed by atoms with Crippen LogP contribution in [-0.2, 0) is 10.0 Å². The summed E-state index contributed by atoms with van der Waals surface area (Å²) < 4.78 is 23.8. The van der Waals surface area contributed by atoms with E-state index in [-0.39, 0.29) is 6.04 Å². The Hall–Kier alpha value is -0.680. The summed E-state index contributed by atoms with van der Waals surface area (Å²) in [6.07, 6.45) is 6.88. The summed E-state index contributed by atoms with van der Waals surface area (Å²) in [4.78, 5) is 3.81. The molecule has 0 fully saturated rings. The Kier molecular flexibility index (Phi) is 2.41. The van der Waals surface area contributed by atoms with Crippen molar-refractivity contribution in [3.8, 4) is 0 Å². The predicted molar refractivity (Wildman–Crippen MR) is 44.0 cm³/mol. The normalized spacial score (nSPS) is 23.9. The van der Waals surface area contributed by atoms with Crippen LogP contribution in [-0.4, -0.2) is 26.9 Å². The quantitative estimate of drug-likeness (QED) is 0.635. The lowest BCUT2D eigenvalue weighted by atomic mass is 10.2. The molecule has 1 N–H and O–H groups in total. The lowest BCUT2D eigenvalue weighted by Crippen LogP contribution is -2.35. The molecule has 1 aliphatic rings. The highest BCUT2D eigenvalue weighted by molar-refractivity contribution is 7.88. The molecule has 0 amide bonds. The van der Waals surface area contributed by atoms with E-state index in [2.05, 4.69) is 9.71 Å². The molecule has 11 heavy (non-hydrogen) atoms. The first kappa shape index (κ1) is 8.42. The third-order valence-corrected chi connectivity index (χ3v) is 1.94. The van der Waals surface area contributed by atoms with Gasteiger partial charge in [-0.15, -0.1) is 0 Å². The van der Waals surface area contributed by atoms with Gasteiger partial charge in [-0.3, -0.25) is 4.99 Å². The van der Waals surface area contributed by atoms with Gasteiger partial charge in [0.05, 0.1) is 12.3 Å². The molecule has 0 radical (unpaired) electrons. The van der Waals surface area contributed by atoms with E-state index in [0.29, 0.717) is 6.42 Å². The Labute approximate surface area is 66.1 Å². The largest absolute Gasteiger partial charge is 0.268 e. The Morgan fingerprint density at radius 1 is 1.64 bits per heavy atom. The molecule has 0 aromatic carbocycles. The van der Waals surface area contributed by atoms with Gasteiger partial charge in [0.15, 0.2) is 0 Å². The SMILES string of the molecule is CS(=O)(=O)NC1C=NC=CC1. The average molecular weight is 174 g/mol. The molecule has 5 heteroatoms. The fraction of sp³-hybridized carbons (Fsp3) is 0.500. The fourth-order valence-electron chi connectivity index (χ4n) is 0.836. The first-order valence-electron chi connectivity index (χ1n) is 3.23. The molecule has 0 spiro atoms. The second kappa shape index (κ2) is 3.15. The number of nitrogens with one attached hydrogen (secondary N) is 1. The molecule has 1 heterocycles. The molecule has 0 aromatic rings. The summed E-state index contributed by atoms with van der Waals surface area (Å²) in [7, 11) is -3.10. The van der Waals surface area contributed by atoms with Gasteiger partial charge >= 0.3 is 0 Å². The Balaban J connectivity index is 2.52. The average Bonchev–Trinajstić information content (AvgIpc) is 1.85. The van der Waals surface area contributed by atoms with Crippen LogP contribution in [0, 0.1) is 0 Å². The van der Waals surface area contributed by atoms with E-state index >= 15 is 0 Å². The molecule has 0 bridgehead atoms. The summed E-state index contributed by atoms with van der Waals surface area (Å²) in [6, 6.07) is -0.171. The van der Waals surface area contributed by atoms with Crippen LogP contribution in [0.4, 0.5) is 0 Å². The molecule has 4 nitrogen and oxygen atoms in total. The van der Waals surface area contributed by atoms with Crippen molar-refractivity contribution in [3.63, 3.8) is 0 Å². The summed E-state index contributed by atoms with van der Waals surface area (Å²) in [6.45, 7) is 0. The van der Waals surface area contributed by atoms with Crippen molar-refractivity contribution < 1.29 is 8.42 Å². The first-order valence-corrected chi connectivity index (χ1v) is 5.13. The first-order chi connectivity index (χ1) is 5.08. The molecular weight excluding hydrogens is 164 g/mol. The van der Waals surface area contributed by atoms with E-state index < -0.39 is 10.0 Å². The van der Waals surface area contributed by atoms with Crippen molar-refractivity contribution in [1.29, 1.82) is 0 Å². The van der Waals surface area contributed by atoms with Gasteiger partial charge in [-0.2, -0.15) is 0 Å². The van der Waals surface area contributed by atoms with E-state index in [1.165, 1.54) is 0 Å². The topological polar surface area (TPSA) is 58.5 Å². The van der Waals surface area contributed by atoms with E-state index in [0.717, 1.165) is 6.26 Å². The van der Waals surface area contributed by atoms with E-state index in [1.807, 2.05) is 6.08 Å². The van der Waals surface area contributed by atoms with Crippen LogP contribution in [0.2, 0.25) is 0 Å². The Bertz CT molecular complexity index is 279. The number of sulfonamides is 1. The molecule has 1 rings (SSSR count). The van der Waals surface area contributed by atoms with Crippen molar-refractivity contribution in [1.82, 2.24) is 4.72 Å². The standard InChI is InChI=1S/C6H10N2O2S/c1-11(9,10)8-6-3-2-4-7-5-6/h2,4-6,8H,3H2,1H3. The van der Waals surface area contributed by atoms with E-state index in [4.69, 9.17) is 0 Å². The second-order valence-corrected chi connectivity index (χ2v) is 4.20. The van der Waals surface area contributed by atoms with Crippen LogP contribution in [0.1, 0.15) is 6.42 Å². The minimum atomic E-state index is -3.10. The molecule has 0 saturated heterocycles. The zero-order valence-corrected chi connectivity index (χ0v) is 7.00. The van der Waals surface area contributed by atoms with E-state index in [9.17, 15) is 8.42 Å². The van der Waals surface area contributed by atoms with Gasteiger partial charge in [-0.25, -0.2) is 13.1 Å². The molecular formula is C6H10N2O2S. The van der Waals surface area contributed by atoms with Crippen LogP contribution in [0.15, 0.2) is 17.3 Å². The number of nitrogens with zero attached hydrogens (tertiary/aromatic N) is 1. The zero-order valence-electron chi connectivity index (χ0n) is 6.19. The van der Waals surface area contributed by atoms with Crippen LogP contribution < -0.4 is 4.72 Å². The van der Waals surface area contributed by atoms with Crippen LogP contribution in [0.25, 0.3) is 0 Å². The van der Waals surface area contributed by atoms with Crippen LogP contribution in [0.3, 0.4) is 0 Å². The van der Waals surface area contributed by atoms with Crippen molar-refractivity contribution in [2.24, 2.45) is 4.99 Å². The number of hydrogen-bond acceptors (Lipinski definition) is 3. The maximum Gasteiger partial charge on any atom is 0.209 e. The van der Waals surface area contributed by atoms with Gasteiger partial charge in [-0.1, -0.05) is 6.08 Å². The van der Waals surface area contributed by atoms with Gasteiger partial charge in [0, 0.05) is 12.4 Å². The second-order valence-electron chi connectivity index (χ2n) is 2.42. The zero-order chi connectivity index (χ0) is 8.32. The highest BCUT2D eigenvalue weighted by Gasteiger charge is 2.10. The molecule has 0 saturated carbocycles. The molecule has 62 valence electrons. The number of rotatable bonds is 2. The molecule has 1 unspecified atom stereocenters. The van der Waals surface area contributed by atoms with Gasteiger partial charge < -0.3 is 0 Å². The monoisotopic (exact) mass is 174 g/mol. The fourth-order valence-corrected chi connectivity index (χ4v) is 1.54. The lowest BCUT2D eigenvalue weighted by molar-refractivity contribution is 0.582. The smallest absolute Gasteiger partial charge is 0.209 e. The highest BCUT2D eigenvalue weighted by Crippen LogP contribution is 1.98. The minimum absolute atomic E-state index is 0.171. The van der Waals surface area contributed by atoms with Crippen LogP contribution in [0.5, 0.6) is 0 Å². The number of aliphatic imine (C=N–C) groups is 1. The minimum Gasteiger partial charge on any atom is -0.268 e. The third-order valence-electron chi connectivity index (χ3n) is 1.21. The van der Waals surface area contributed by atoms with Crippen molar-refractivity contribution in [2.75, 3.05) is 6.26 Å². The lowest BCUT2D eigenvalue weighted by Gasteiger charge is -2.11. The number of hydrogen-bond donors (Lipinski definition) is 1. The molecule has 1 aliphatic heterocycles. The Morgan fingerprint density at radius 3 is 2.82 bits per heavy atom. The summed E-state index contributed by atoms with van der Waals surface area (Å²) in [5.74, 6) is 0. The molecule has 0 aliphatic carbocycles. The van der Waals surface area contributed by atoms with Gasteiger partial charge in [-0.05, 0) is 6.42 Å². The third kappa shape index (κ3) is 3.29. The summed E-state index contributed by atoms with van der Waals surface area (Å²) in [5.41, 5.74) is 0.